The molecular weight excluding hydrogens is 228 g/mol. The van der Waals surface area contributed by atoms with Gasteiger partial charge in [-0.25, -0.2) is 9.97 Å². The monoisotopic (exact) mass is 242 g/mol. The molecule has 0 aromatic carbocycles. The van der Waals surface area contributed by atoms with Gasteiger partial charge in [-0.05, 0) is 19.4 Å². The van der Waals surface area contributed by atoms with Gasteiger partial charge in [-0.2, -0.15) is 5.10 Å². The zero-order valence-corrected chi connectivity index (χ0v) is 10.5. The van der Waals surface area contributed by atoms with Crippen LogP contribution in [0.4, 0.5) is 5.82 Å². The molecule has 0 saturated carbocycles. The number of hydrogen-bond donors (Lipinski definition) is 1. The van der Waals surface area contributed by atoms with Crippen LogP contribution in [0.5, 0.6) is 0 Å². The van der Waals surface area contributed by atoms with Crippen molar-refractivity contribution in [3.05, 3.63) is 29.8 Å². The summed E-state index contributed by atoms with van der Waals surface area (Å²) in [6, 6.07) is 1.95. The lowest BCUT2D eigenvalue weighted by atomic mass is 10.2. The number of nitrogen functional groups attached to an aromatic ring is 1. The van der Waals surface area contributed by atoms with Crippen LogP contribution < -0.4 is 5.73 Å². The predicted molar refractivity (Wildman–Crippen MR) is 69.5 cm³/mol. The quantitative estimate of drug-likeness (QED) is 0.699. The van der Waals surface area contributed by atoms with Crippen LogP contribution in [0.2, 0.25) is 0 Å². The van der Waals surface area contributed by atoms with Crippen LogP contribution in [0.15, 0.2) is 18.6 Å². The number of fused-ring (bicyclic) bond motifs is 1. The number of nitrogens with zero attached hydrogens (tertiary/aromatic N) is 5. The second-order valence-electron chi connectivity index (χ2n) is 4.35. The minimum Gasteiger partial charge on any atom is -0.383 e. The van der Waals surface area contributed by atoms with Crippen molar-refractivity contribution in [3.63, 3.8) is 0 Å². The number of anilines is 1. The fraction of sp³-hybridized carbons (Fsp3) is 0.250. The number of nitrogens with two attached hydrogens (primary N) is 1. The second-order valence-corrected chi connectivity index (χ2v) is 4.35. The molecule has 0 spiro atoms. The normalized spacial score (nSPS) is 11.3. The van der Waals surface area contributed by atoms with Gasteiger partial charge in [0, 0.05) is 25.0 Å². The molecule has 0 aliphatic carbocycles. The number of hydrogen-bond acceptors (Lipinski definition) is 4. The van der Waals surface area contributed by atoms with Gasteiger partial charge in [0.05, 0.1) is 5.39 Å². The molecule has 0 saturated heterocycles. The highest BCUT2D eigenvalue weighted by atomic mass is 15.3. The third-order valence-corrected chi connectivity index (χ3v) is 3.25. The lowest BCUT2D eigenvalue weighted by molar-refractivity contribution is 0.750. The third-order valence-electron chi connectivity index (χ3n) is 3.25. The predicted octanol–water partition coefficient (Wildman–Crippen LogP) is 1.35. The van der Waals surface area contributed by atoms with Crippen LogP contribution in [0.1, 0.15) is 11.3 Å². The first kappa shape index (κ1) is 10.8. The molecule has 6 nitrogen and oxygen atoms in total. The van der Waals surface area contributed by atoms with E-state index < -0.39 is 0 Å². The largest absolute Gasteiger partial charge is 0.383 e. The summed E-state index contributed by atoms with van der Waals surface area (Å²) in [7, 11) is 1.89. The van der Waals surface area contributed by atoms with Crippen molar-refractivity contribution in [2.75, 3.05) is 5.73 Å². The Morgan fingerprint density at radius 1 is 1.22 bits per heavy atom. The van der Waals surface area contributed by atoms with Gasteiger partial charge in [-0.15, -0.1) is 0 Å². The summed E-state index contributed by atoms with van der Waals surface area (Å²) < 4.78 is 3.77. The van der Waals surface area contributed by atoms with E-state index in [-0.39, 0.29) is 0 Å². The molecule has 3 rings (SSSR count). The highest BCUT2D eigenvalue weighted by Gasteiger charge is 2.17. The molecule has 92 valence electrons. The van der Waals surface area contributed by atoms with E-state index in [2.05, 4.69) is 15.1 Å². The molecule has 6 heteroatoms. The van der Waals surface area contributed by atoms with Gasteiger partial charge < -0.3 is 5.73 Å². The van der Waals surface area contributed by atoms with Gasteiger partial charge in [0.15, 0.2) is 11.5 Å². The molecule has 0 radical (unpaired) electrons. The van der Waals surface area contributed by atoms with Crippen LogP contribution in [0, 0.1) is 13.8 Å². The van der Waals surface area contributed by atoms with Gasteiger partial charge in [-0.1, -0.05) is 0 Å². The van der Waals surface area contributed by atoms with E-state index >= 15 is 0 Å². The molecule has 3 heterocycles. The van der Waals surface area contributed by atoms with Crippen molar-refractivity contribution < 1.29 is 0 Å². The molecule has 0 unspecified atom stereocenters. The SMILES string of the molecule is Cc1c(C)n(-c2ccn(C)n2)c2ncnc(N)c12. The van der Waals surface area contributed by atoms with Crippen LogP contribution >= 0.6 is 0 Å². The first-order chi connectivity index (χ1) is 8.59. The zero-order valence-electron chi connectivity index (χ0n) is 10.5. The van der Waals surface area contributed by atoms with Crippen molar-refractivity contribution in [1.82, 2.24) is 24.3 Å². The lowest BCUT2D eigenvalue weighted by Gasteiger charge is -2.03. The Morgan fingerprint density at radius 2 is 2.00 bits per heavy atom. The topological polar surface area (TPSA) is 74.5 Å². The van der Waals surface area contributed by atoms with Crippen LogP contribution in [0.25, 0.3) is 16.9 Å². The Morgan fingerprint density at radius 3 is 2.67 bits per heavy atom. The molecule has 0 bridgehead atoms. The number of rotatable bonds is 1. The lowest BCUT2D eigenvalue weighted by Crippen LogP contribution is -2.01. The molecule has 18 heavy (non-hydrogen) atoms. The average Bonchev–Trinajstić information content (AvgIpc) is 2.84. The standard InChI is InChI=1S/C12H14N6/c1-7-8(2)18(9-4-5-17(3)16-9)12-10(7)11(13)14-6-15-12/h4-6H,1-3H3,(H2,13,14,15). The van der Waals surface area contributed by atoms with Gasteiger partial charge in [0.2, 0.25) is 0 Å². The summed E-state index contributed by atoms with van der Waals surface area (Å²) >= 11 is 0. The average molecular weight is 242 g/mol. The molecule has 3 aromatic heterocycles. The molecule has 0 amide bonds. The Hall–Kier alpha value is -2.37. The zero-order chi connectivity index (χ0) is 12.9. The summed E-state index contributed by atoms with van der Waals surface area (Å²) in [5.41, 5.74) is 8.91. The summed E-state index contributed by atoms with van der Waals surface area (Å²) in [6.07, 6.45) is 3.39. The van der Waals surface area contributed by atoms with E-state index in [1.165, 1.54) is 6.33 Å². The minimum absolute atomic E-state index is 0.510. The number of aryl methyl sites for hydroxylation is 2. The molecule has 0 aliphatic heterocycles. The number of aromatic nitrogens is 5. The van der Waals surface area contributed by atoms with E-state index in [9.17, 15) is 0 Å². The Balaban J connectivity index is 2.43. The van der Waals surface area contributed by atoms with Gasteiger partial charge >= 0.3 is 0 Å². The maximum absolute atomic E-state index is 5.93. The van der Waals surface area contributed by atoms with Crippen LogP contribution in [-0.2, 0) is 7.05 Å². The van der Waals surface area contributed by atoms with E-state index in [1.807, 2.05) is 37.7 Å². The minimum atomic E-state index is 0.510. The van der Waals surface area contributed by atoms with E-state index in [4.69, 9.17) is 5.73 Å². The smallest absolute Gasteiger partial charge is 0.160 e. The molecule has 0 aliphatic rings. The molecular formula is C12H14N6. The van der Waals surface area contributed by atoms with Crippen molar-refractivity contribution in [1.29, 1.82) is 0 Å². The Bertz CT molecular complexity index is 736. The fourth-order valence-corrected chi connectivity index (χ4v) is 2.23. The Kier molecular flexibility index (Phi) is 2.13. The van der Waals surface area contributed by atoms with Crippen molar-refractivity contribution >= 4 is 16.9 Å². The fourth-order valence-electron chi connectivity index (χ4n) is 2.23. The summed E-state index contributed by atoms with van der Waals surface area (Å²) in [6.45, 7) is 4.06. The molecule has 2 N–H and O–H groups in total. The van der Waals surface area contributed by atoms with Crippen LogP contribution in [0.3, 0.4) is 0 Å². The second kappa shape index (κ2) is 3.56. The van der Waals surface area contributed by atoms with Crippen molar-refractivity contribution in [2.24, 2.45) is 7.05 Å². The van der Waals surface area contributed by atoms with E-state index in [1.54, 1.807) is 4.68 Å². The Labute approximate surface area is 104 Å². The third kappa shape index (κ3) is 1.32. The molecule has 0 fully saturated rings. The first-order valence-electron chi connectivity index (χ1n) is 5.67. The van der Waals surface area contributed by atoms with Gasteiger partial charge in [0.25, 0.3) is 0 Å². The summed E-state index contributed by atoms with van der Waals surface area (Å²) in [5, 5.41) is 5.32. The summed E-state index contributed by atoms with van der Waals surface area (Å²) in [5.74, 6) is 1.35. The highest BCUT2D eigenvalue weighted by Crippen LogP contribution is 2.28. The van der Waals surface area contributed by atoms with Gasteiger partial charge in [-0.3, -0.25) is 9.25 Å². The maximum Gasteiger partial charge on any atom is 0.160 e. The van der Waals surface area contributed by atoms with Crippen molar-refractivity contribution in [2.45, 2.75) is 13.8 Å². The molecule has 0 atom stereocenters. The van der Waals surface area contributed by atoms with E-state index in [0.29, 0.717) is 5.82 Å². The summed E-state index contributed by atoms with van der Waals surface area (Å²) in [4.78, 5) is 8.38. The van der Waals surface area contributed by atoms with E-state index in [0.717, 1.165) is 28.1 Å². The maximum atomic E-state index is 5.93. The van der Waals surface area contributed by atoms with Crippen LogP contribution in [-0.4, -0.2) is 24.3 Å². The first-order valence-corrected chi connectivity index (χ1v) is 5.67. The van der Waals surface area contributed by atoms with Crippen molar-refractivity contribution in [3.8, 4) is 5.82 Å². The van der Waals surface area contributed by atoms with Gasteiger partial charge in [0.1, 0.15) is 12.1 Å². The highest BCUT2D eigenvalue weighted by molar-refractivity contribution is 5.91. The molecule has 3 aromatic rings.